The topological polar surface area (TPSA) is 212 Å². The Bertz CT molecular complexity index is 1020. The highest BCUT2D eigenvalue weighted by atomic mass is 16.6. The number of aliphatic hydroxyl groups excluding tert-OH is 3. The molecule has 5 N–H and O–H groups in total. The number of nitrogens with two attached hydrogens (primary N) is 1. The van der Waals surface area contributed by atoms with Crippen molar-refractivity contribution in [2.24, 2.45) is 0 Å². The van der Waals surface area contributed by atoms with Crippen LogP contribution in [0.15, 0.2) is 55.4 Å². The Morgan fingerprint density at radius 3 is 1.61 bits per heavy atom. The Labute approximate surface area is 210 Å². The third-order valence-corrected chi connectivity index (χ3v) is 4.00. The second-order valence-electron chi connectivity index (χ2n) is 6.20. The van der Waals surface area contributed by atoms with Gasteiger partial charge in [0.15, 0.2) is 0 Å². The van der Waals surface area contributed by atoms with Crippen LogP contribution < -0.4 is 5.73 Å². The number of hydrogen-bond acceptors (Lipinski definition) is 11. The van der Waals surface area contributed by atoms with Crippen LogP contribution in [0, 0.1) is 27.2 Å². The normalized spacial score (nSPS) is 8.69. The molecule has 3 rings (SSSR count). The molecule has 36 heavy (non-hydrogen) atoms. The second-order valence-corrected chi connectivity index (χ2v) is 6.20. The van der Waals surface area contributed by atoms with Crippen LogP contribution >= 0.6 is 0 Å². The van der Waals surface area contributed by atoms with Crippen LogP contribution in [-0.4, -0.2) is 60.4 Å². The van der Waals surface area contributed by atoms with E-state index in [-0.39, 0.29) is 39.4 Å². The van der Waals surface area contributed by atoms with Crippen molar-refractivity contribution >= 4 is 17.1 Å². The van der Waals surface area contributed by atoms with Gasteiger partial charge in [-0.2, -0.15) is 0 Å². The van der Waals surface area contributed by atoms with Crippen molar-refractivity contribution in [3.05, 3.63) is 92.3 Å². The summed E-state index contributed by atoms with van der Waals surface area (Å²) < 4.78 is 0. The van der Waals surface area contributed by atoms with Gasteiger partial charge in [0, 0.05) is 56.5 Å². The van der Waals surface area contributed by atoms with Crippen molar-refractivity contribution in [2.75, 3.05) is 26.1 Å². The van der Waals surface area contributed by atoms with Crippen LogP contribution in [0.5, 0.6) is 0 Å². The summed E-state index contributed by atoms with van der Waals surface area (Å²) in [6, 6.07) is 4.96. The largest absolute Gasteiger partial charge is 0.400 e. The fourth-order valence-electron chi connectivity index (χ4n) is 2.34. The summed E-state index contributed by atoms with van der Waals surface area (Å²) in [5.41, 5.74) is 8.33. The fraction of sp³-hybridized carbons (Fsp3) is 0.348. The Morgan fingerprint density at radius 2 is 1.19 bits per heavy atom. The molecule has 3 aromatic rings. The zero-order chi connectivity index (χ0) is 25.9. The number of anilines is 1. The van der Waals surface area contributed by atoms with Crippen molar-refractivity contribution in [1.82, 2.24) is 15.0 Å². The average molecular weight is 509 g/mol. The molecule has 0 aromatic carbocycles. The first-order valence-electron chi connectivity index (χ1n) is 9.78. The molecule has 0 unspecified atom stereocenters. The Hall–Kier alpha value is -4.07. The predicted molar refractivity (Wildman–Crippen MR) is 138 cm³/mol. The van der Waals surface area contributed by atoms with E-state index >= 15 is 0 Å². The molecule has 3 aromatic heterocycles. The minimum absolute atomic E-state index is 0. The third-order valence-electron chi connectivity index (χ3n) is 4.00. The number of pyridine rings is 3. The molecule has 200 valence electrons. The van der Waals surface area contributed by atoms with Gasteiger partial charge in [-0.15, -0.1) is 0 Å². The molecule has 0 amide bonds. The lowest BCUT2D eigenvalue weighted by Crippen LogP contribution is -1.98. The summed E-state index contributed by atoms with van der Waals surface area (Å²) in [6.07, 6.45) is 9.58. The number of rotatable bonds is 6. The summed E-state index contributed by atoms with van der Waals surface area (Å²) in [5.74, 6) is 0. The SMILES string of the molecule is C.C.CO.Cc1ccncc1[N+](=O)[O-].Nc1cnccc1CCO.O=[N+]([O-])c1cnccc1CCO. The smallest absolute Gasteiger partial charge is 0.290 e. The number of nitro groups is 2. The molecule has 0 atom stereocenters. The standard InChI is InChI=1S/C7H8N2O3.C7H10N2O.C6H6N2O2.CH4O.2CH4/c10-4-2-6-1-3-8-5-7(6)9(11)12;8-7-5-9-3-1-6(7)2-4-10;1-5-2-3-7-4-6(5)8(9)10;1-2;;/h1,3,5,10H,2,4H2;1,3,5,10H,2,4,8H2;2-4H,1H3;2H,1H3;2*1H4. The molecule has 0 saturated carbocycles. The first-order valence-corrected chi connectivity index (χ1v) is 9.78. The molecular weight excluding hydrogens is 472 g/mol. The van der Waals surface area contributed by atoms with Gasteiger partial charge in [0.1, 0.15) is 12.4 Å². The predicted octanol–water partition coefficient (Wildman–Crippen LogP) is 2.90. The van der Waals surface area contributed by atoms with Gasteiger partial charge in [0.05, 0.1) is 21.7 Å². The summed E-state index contributed by atoms with van der Waals surface area (Å²) in [4.78, 5) is 30.7. The van der Waals surface area contributed by atoms with Gasteiger partial charge in [0.2, 0.25) is 0 Å². The maximum atomic E-state index is 10.4. The van der Waals surface area contributed by atoms with Crippen molar-refractivity contribution in [1.29, 1.82) is 0 Å². The molecule has 3 heterocycles. The maximum Gasteiger partial charge on any atom is 0.290 e. The molecular formula is C23H36N6O7. The first-order chi connectivity index (χ1) is 16.3. The summed E-state index contributed by atoms with van der Waals surface area (Å²) >= 11 is 0. The van der Waals surface area contributed by atoms with Crippen LogP contribution in [0.1, 0.15) is 31.5 Å². The average Bonchev–Trinajstić information content (AvgIpc) is 2.83. The van der Waals surface area contributed by atoms with E-state index in [0.717, 1.165) is 12.7 Å². The lowest BCUT2D eigenvalue weighted by Gasteiger charge is -1.99. The maximum absolute atomic E-state index is 10.4. The van der Waals surface area contributed by atoms with Crippen molar-refractivity contribution < 1.29 is 25.2 Å². The van der Waals surface area contributed by atoms with Gasteiger partial charge in [-0.05, 0) is 37.1 Å². The molecule has 0 aliphatic rings. The lowest BCUT2D eigenvalue weighted by atomic mass is 10.2. The zero-order valence-electron chi connectivity index (χ0n) is 18.8. The molecule has 13 heteroatoms. The number of aliphatic hydroxyl groups is 3. The number of aromatic nitrogens is 3. The van der Waals surface area contributed by atoms with Crippen molar-refractivity contribution in [2.45, 2.75) is 34.6 Å². The highest BCUT2D eigenvalue weighted by Gasteiger charge is 2.11. The van der Waals surface area contributed by atoms with E-state index in [1.165, 1.54) is 30.9 Å². The Kier molecular flexibility index (Phi) is 21.8. The van der Waals surface area contributed by atoms with E-state index in [0.29, 0.717) is 29.7 Å². The fourth-order valence-corrected chi connectivity index (χ4v) is 2.34. The summed E-state index contributed by atoms with van der Waals surface area (Å²) in [5, 5.41) is 44.7. The van der Waals surface area contributed by atoms with Crippen LogP contribution in [-0.2, 0) is 12.8 Å². The van der Waals surface area contributed by atoms with Gasteiger partial charge < -0.3 is 21.1 Å². The van der Waals surface area contributed by atoms with Crippen LogP contribution in [0.4, 0.5) is 17.1 Å². The number of aryl methyl sites for hydroxylation is 1. The van der Waals surface area contributed by atoms with Crippen molar-refractivity contribution in [3.8, 4) is 0 Å². The summed E-state index contributed by atoms with van der Waals surface area (Å²) in [7, 11) is 1.00. The van der Waals surface area contributed by atoms with E-state index in [1.54, 1.807) is 25.4 Å². The van der Waals surface area contributed by atoms with E-state index in [9.17, 15) is 20.2 Å². The lowest BCUT2D eigenvalue weighted by molar-refractivity contribution is -0.386. The Morgan fingerprint density at radius 1 is 0.778 bits per heavy atom. The van der Waals surface area contributed by atoms with Crippen molar-refractivity contribution in [3.63, 3.8) is 0 Å². The van der Waals surface area contributed by atoms with E-state index in [4.69, 9.17) is 21.1 Å². The first kappa shape index (κ1) is 36.5. The Balaban J connectivity index is -0.000000429. The van der Waals surface area contributed by atoms with Gasteiger partial charge in [-0.1, -0.05) is 14.9 Å². The molecule has 0 spiro atoms. The number of nitrogen functional groups attached to an aromatic ring is 1. The van der Waals surface area contributed by atoms with E-state index in [1.807, 2.05) is 6.07 Å². The third kappa shape index (κ3) is 13.6. The number of nitrogens with zero attached hydrogens (tertiary/aromatic N) is 5. The quantitative estimate of drug-likeness (QED) is 0.280. The molecule has 0 radical (unpaired) electrons. The molecule has 0 fully saturated rings. The van der Waals surface area contributed by atoms with Gasteiger partial charge in [0.25, 0.3) is 11.4 Å². The summed E-state index contributed by atoms with van der Waals surface area (Å²) in [6.45, 7) is 1.72. The van der Waals surface area contributed by atoms with Gasteiger partial charge in [-0.3, -0.25) is 35.2 Å². The van der Waals surface area contributed by atoms with Crippen LogP contribution in [0.3, 0.4) is 0 Å². The van der Waals surface area contributed by atoms with Crippen LogP contribution in [0.25, 0.3) is 0 Å². The highest BCUT2D eigenvalue weighted by Crippen LogP contribution is 2.16. The molecule has 0 aliphatic carbocycles. The highest BCUT2D eigenvalue weighted by molar-refractivity contribution is 5.43. The molecule has 0 aliphatic heterocycles. The van der Waals surface area contributed by atoms with E-state index in [2.05, 4.69) is 15.0 Å². The molecule has 0 saturated heterocycles. The van der Waals surface area contributed by atoms with Gasteiger partial charge in [-0.25, -0.2) is 0 Å². The molecule has 13 nitrogen and oxygen atoms in total. The van der Waals surface area contributed by atoms with Crippen LogP contribution in [0.2, 0.25) is 0 Å². The van der Waals surface area contributed by atoms with Gasteiger partial charge >= 0.3 is 0 Å². The minimum Gasteiger partial charge on any atom is -0.400 e. The minimum atomic E-state index is -0.502. The zero-order valence-corrected chi connectivity index (χ0v) is 18.8. The van der Waals surface area contributed by atoms with E-state index < -0.39 is 9.85 Å². The molecule has 0 bridgehead atoms. The number of hydrogen-bond donors (Lipinski definition) is 4. The monoisotopic (exact) mass is 508 g/mol. The second kappa shape index (κ2) is 21.5.